The SMILES string of the molecule is CC(O)(CNC(=O)N1CCC(CCO)C1)CC(=O)O. The lowest BCUT2D eigenvalue weighted by Gasteiger charge is -2.24. The molecule has 4 N–H and O–H groups in total. The Morgan fingerprint density at radius 3 is 2.74 bits per heavy atom. The molecule has 0 aromatic heterocycles. The van der Waals surface area contributed by atoms with Gasteiger partial charge in [-0.2, -0.15) is 0 Å². The summed E-state index contributed by atoms with van der Waals surface area (Å²) < 4.78 is 0. The molecule has 19 heavy (non-hydrogen) atoms. The standard InChI is InChI=1S/C12H22N2O5/c1-12(19,6-10(16)17)8-13-11(18)14-4-2-9(7-14)3-5-15/h9,15,19H,2-8H2,1H3,(H,13,18)(H,16,17). The van der Waals surface area contributed by atoms with Crippen LogP contribution in [0.5, 0.6) is 0 Å². The lowest BCUT2D eigenvalue weighted by atomic mass is 10.0. The first-order chi connectivity index (χ1) is 8.84. The highest BCUT2D eigenvalue weighted by Gasteiger charge is 2.29. The lowest BCUT2D eigenvalue weighted by Crippen LogP contribution is -2.46. The maximum Gasteiger partial charge on any atom is 0.317 e. The van der Waals surface area contributed by atoms with Crippen LogP contribution < -0.4 is 5.32 Å². The van der Waals surface area contributed by atoms with Gasteiger partial charge >= 0.3 is 12.0 Å². The number of rotatable bonds is 6. The summed E-state index contributed by atoms with van der Waals surface area (Å²) in [7, 11) is 0. The number of carboxylic acids is 1. The van der Waals surface area contributed by atoms with E-state index in [0.29, 0.717) is 25.4 Å². The molecular weight excluding hydrogens is 252 g/mol. The van der Waals surface area contributed by atoms with Crippen molar-refractivity contribution in [2.45, 2.75) is 31.8 Å². The van der Waals surface area contributed by atoms with E-state index in [1.54, 1.807) is 4.90 Å². The number of carbonyl (C=O) groups excluding carboxylic acids is 1. The number of nitrogens with one attached hydrogen (secondary N) is 1. The number of hydrogen-bond donors (Lipinski definition) is 4. The van der Waals surface area contributed by atoms with Crippen molar-refractivity contribution in [3.63, 3.8) is 0 Å². The van der Waals surface area contributed by atoms with Crippen LogP contribution in [0.2, 0.25) is 0 Å². The van der Waals surface area contributed by atoms with E-state index in [-0.39, 0.29) is 19.2 Å². The number of aliphatic hydroxyl groups is 2. The number of hydrogen-bond acceptors (Lipinski definition) is 4. The highest BCUT2D eigenvalue weighted by molar-refractivity contribution is 5.74. The molecule has 1 fully saturated rings. The Morgan fingerprint density at radius 2 is 2.16 bits per heavy atom. The van der Waals surface area contributed by atoms with Gasteiger partial charge in [0.05, 0.1) is 12.0 Å². The van der Waals surface area contributed by atoms with Crippen molar-refractivity contribution >= 4 is 12.0 Å². The van der Waals surface area contributed by atoms with Gasteiger partial charge in [-0.05, 0) is 25.7 Å². The summed E-state index contributed by atoms with van der Waals surface area (Å²) in [5.41, 5.74) is -1.45. The number of carbonyl (C=O) groups is 2. The second-order valence-electron chi connectivity index (χ2n) is 5.34. The van der Waals surface area contributed by atoms with E-state index in [0.717, 1.165) is 6.42 Å². The van der Waals surface area contributed by atoms with E-state index in [4.69, 9.17) is 10.2 Å². The number of urea groups is 1. The molecule has 2 amide bonds. The average Bonchev–Trinajstić information content (AvgIpc) is 2.73. The molecule has 0 aromatic carbocycles. The largest absolute Gasteiger partial charge is 0.481 e. The van der Waals surface area contributed by atoms with Gasteiger partial charge in [0.15, 0.2) is 0 Å². The molecule has 1 aliphatic rings. The van der Waals surface area contributed by atoms with E-state index in [2.05, 4.69) is 5.32 Å². The minimum atomic E-state index is -1.45. The Hall–Kier alpha value is -1.34. The Kier molecular flexibility index (Phi) is 5.56. The third kappa shape index (κ3) is 5.44. The summed E-state index contributed by atoms with van der Waals surface area (Å²) in [5.74, 6) is -0.793. The molecule has 0 saturated carbocycles. The maximum absolute atomic E-state index is 11.8. The fourth-order valence-electron chi connectivity index (χ4n) is 2.20. The lowest BCUT2D eigenvalue weighted by molar-refractivity contribution is -0.141. The first-order valence-electron chi connectivity index (χ1n) is 6.42. The van der Waals surface area contributed by atoms with Crippen molar-refractivity contribution < 1.29 is 24.9 Å². The molecule has 1 saturated heterocycles. The highest BCUT2D eigenvalue weighted by Crippen LogP contribution is 2.19. The quantitative estimate of drug-likeness (QED) is 0.528. The topological polar surface area (TPSA) is 110 Å². The summed E-state index contributed by atoms with van der Waals surface area (Å²) in [6.45, 7) is 2.61. The molecule has 1 rings (SSSR count). The van der Waals surface area contributed by atoms with Gasteiger partial charge < -0.3 is 25.5 Å². The van der Waals surface area contributed by atoms with Gasteiger partial charge in [0.2, 0.25) is 0 Å². The molecule has 2 unspecified atom stereocenters. The summed E-state index contributed by atoms with van der Waals surface area (Å²) in [4.78, 5) is 24.0. The normalized spacial score (nSPS) is 22.1. The molecule has 110 valence electrons. The van der Waals surface area contributed by atoms with Gasteiger partial charge in [0.1, 0.15) is 0 Å². The molecule has 0 bridgehead atoms. The van der Waals surface area contributed by atoms with Crippen LogP contribution in [0.3, 0.4) is 0 Å². The molecule has 0 spiro atoms. The smallest absolute Gasteiger partial charge is 0.317 e. The van der Waals surface area contributed by atoms with E-state index >= 15 is 0 Å². The van der Waals surface area contributed by atoms with Crippen molar-refractivity contribution in [3.05, 3.63) is 0 Å². The van der Waals surface area contributed by atoms with Gasteiger partial charge in [-0.15, -0.1) is 0 Å². The molecule has 2 atom stereocenters. The third-order valence-corrected chi connectivity index (χ3v) is 3.26. The number of carboxylic acid groups (broad SMARTS) is 1. The van der Waals surface area contributed by atoms with E-state index in [1.165, 1.54) is 6.92 Å². The fraction of sp³-hybridized carbons (Fsp3) is 0.833. The van der Waals surface area contributed by atoms with Crippen LogP contribution in [-0.2, 0) is 4.79 Å². The Balaban J connectivity index is 2.34. The molecule has 0 aliphatic carbocycles. The molecule has 7 nitrogen and oxygen atoms in total. The van der Waals surface area contributed by atoms with Crippen LogP contribution in [0, 0.1) is 5.92 Å². The minimum Gasteiger partial charge on any atom is -0.481 e. The van der Waals surface area contributed by atoms with Crippen LogP contribution >= 0.6 is 0 Å². The molecular formula is C12H22N2O5. The van der Waals surface area contributed by atoms with Gasteiger partial charge in [-0.1, -0.05) is 0 Å². The molecule has 1 heterocycles. The second-order valence-corrected chi connectivity index (χ2v) is 5.34. The van der Waals surface area contributed by atoms with E-state index < -0.39 is 18.0 Å². The second kappa shape index (κ2) is 6.72. The Bertz CT molecular complexity index is 332. The summed E-state index contributed by atoms with van der Waals surface area (Å²) in [6, 6.07) is -0.300. The predicted octanol–water partition coefficient (Wildman–Crippen LogP) is -0.374. The van der Waals surface area contributed by atoms with Gasteiger partial charge in [0, 0.05) is 26.2 Å². The van der Waals surface area contributed by atoms with Crippen LogP contribution in [0.15, 0.2) is 0 Å². The zero-order valence-corrected chi connectivity index (χ0v) is 11.1. The van der Waals surface area contributed by atoms with Crippen molar-refractivity contribution in [2.24, 2.45) is 5.92 Å². The first kappa shape index (κ1) is 15.7. The van der Waals surface area contributed by atoms with E-state index in [1.807, 2.05) is 0 Å². The van der Waals surface area contributed by atoms with Crippen LogP contribution in [0.25, 0.3) is 0 Å². The molecule has 1 aliphatic heterocycles. The van der Waals surface area contributed by atoms with Crippen molar-refractivity contribution in [1.29, 1.82) is 0 Å². The zero-order valence-electron chi connectivity index (χ0n) is 11.1. The Morgan fingerprint density at radius 1 is 1.47 bits per heavy atom. The van der Waals surface area contributed by atoms with Gasteiger partial charge in [0.25, 0.3) is 0 Å². The monoisotopic (exact) mass is 274 g/mol. The van der Waals surface area contributed by atoms with Gasteiger partial charge in [-0.25, -0.2) is 4.79 Å². The number of likely N-dealkylation sites (tertiary alicyclic amines) is 1. The van der Waals surface area contributed by atoms with Gasteiger partial charge in [-0.3, -0.25) is 4.79 Å². The zero-order chi connectivity index (χ0) is 14.5. The minimum absolute atomic E-state index is 0.0979. The molecule has 7 heteroatoms. The summed E-state index contributed by atoms with van der Waals surface area (Å²) >= 11 is 0. The number of amides is 2. The molecule has 0 aromatic rings. The van der Waals surface area contributed by atoms with Crippen molar-refractivity contribution in [3.8, 4) is 0 Å². The average molecular weight is 274 g/mol. The third-order valence-electron chi connectivity index (χ3n) is 3.26. The number of aliphatic carboxylic acids is 1. The van der Waals surface area contributed by atoms with Crippen LogP contribution in [0.4, 0.5) is 4.79 Å². The Labute approximate surface area is 112 Å². The molecule has 0 radical (unpaired) electrons. The van der Waals surface area contributed by atoms with Crippen LogP contribution in [-0.4, -0.2) is 64.1 Å². The fourth-order valence-corrected chi connectivity index (χ4v) is 2.20. The number of nitrogens with zero attached hydrogens (tertiary/aromatic N) is 1. The van der Waals surface area contributed by atoms with Crippen LogP contribution in [0.1, 0.15) is 26.2 Å². The summed E-state index contributed by atoms with van der Waals surface area (Å²) in [5, 5.41) is 29.8. The van der Waals surface area contributed by atoms with E-state index in [9.17, 15) is 14.7 Å². The number of aliphatic hydroxyl groups excluding tert-OH is 1. The maximum atomic E-state index is 11.8. The predicted molar refractivity (Wildman–Crippen MR) is 67.7 cm³/mol. The highest BCUT2D eigenvalue weighted by atomic mass is 16.4. The van der Waals surface area contributed by atoms with Crippen molar-refractivity contribution in [1.82, 2.24) is 10.2 Å². The van der Waals surface area contributed by atoms with Crippen molar-refractivity contribution in [2.75, 3.05) is 26.2 Å². The first-order valence-corrected chi connectivity index (χ1v) is 6.42. The summed E-state index contributed by atoms with van der Waals surface area (Å²) in [6.07, 6.45) is 1.13.